The summed E-state index contributed by atoms with van der Waals surface area (Å²) < 4.78 is 0. The van der Waals surface area contributed by atoms with Gasteiger partial charge in [-0.05, 0) is 29.8 Å². The smallest absolute Gasteiger partial charge is 0.0708 e. The Bertz CT molecular complexity index is 717. The summed E-state index contributed by atoms with van der Waals surface area (Å²) in [5, 5.41) is 1.74. The Morgan fingerprint density at radius 1 is 0.944 bits per heavy atom. The van der Waals surface area contributed by atoms with Crippen LogP contribution in [0, 0.1) is 0 Å². The zero-order valence-electron chi connectivity index (χ0n) is 9.60. The van der Waals surface area contributed by atoms with Crippen molar-refractivity contribution in [1.82, 2.24) is 4.98 Å². The normalized spacial score (nSPS) is 10.7. The maximum absolute atomic E-state index is 6.04. The van der Waals surface area contributed by atoms with E-state index in [4.69, 9.17) is 17.3 Å². The second-order valence-corrected chi connectivity index (χ2v) is 4.54. The van der Waals surface area contributed by atoms with Gasteiger partial charge in [-0.15, -0.1) is 0 Å². The van der Waals surface area contributed by atoms with Gasteiger partial charge in [0.1, 0.15) is 0 Å². The van der Waals surface area contributed by atoms with Crippen molar-refractivity contribution in [3.8, 4) is 11.1 Å². The summed E-state index contributed by atoms with van der Waals surface area (Å²) in [4.78, 5) is 4.35. The maximum Gasteiger partial charge on any atom is 0.0708 e. The van der Waals surface area contributed by atoms with Crippen LogP contribution < -0.4 is 5.73 Å². The molecule has 0 bridgehead atoms. The van der Waals surface area contributed by atoms with E-state index in [1.54, 1.807) is 12.3 Å². The molecule has 0 amide bonds. The van der Waals surface area contributed by atoms with Gasteiger partial charge in [-0.2, -0.15) is 0 Å². The van der Waals surface area contributed by atoms with Crippen molar-refractivity contribution < 1.29 is 0 Å². The molecule has 2 nitrogen and oxygen atoms in total. The fourth-order valence-corrected chi connectivity index (χ4v) is 2.30. The standard InChI is InChI=1S/C15H11ClN2/c16-10-6-7-12(14(17)9-10)11-3-1-5-15-13(11)4-2-8-18-15/h1-9H,17H2. The Morgan fingerprint density at radius 2 is 1.83 bits per heavy atom. The van der Waals surface area contributed by atoms with Gasteiger partial charge in [-0.25, -0.2) is 0 Å². The Hall–Kier alpha value is -2.06. The first-order chi connectivity index (χ1) is 8.75. The highest BCUT2D eigenvalue weighted by atomic mass is 35.5. The van der Waals surface area contributed by atoms with Gasteiger partial charge in [-0.3, -0.25) is 4.98 Å². The highest BCUT2D eigenvalue weighted by molar-refractivity contribution is 6.31. The van der Waals surface area contributed by atoms with Crippen LogP contribution >= 0.6 is 11.6 Å². The van der Waals surface area contributed by atoms with Gasteiger partial charge >= 0.3 is 0 Å². The molecule has 88 valence electrons. The molecular formula is C15H11ClN2. The van der Waals surface area contributed by atoms with Gasteiger partial charge in [0.15, 0.2) is 0 Å². The minimum atomic E-state index is 0.648. The number of pyridine rings is 1. The van der Waals surface area contributed by atoms with Crippen LogP contribution in [-0.4, -0.2) is 4.98 Å². The SMILES string of the molecule is Nc1cc(Cl)ccc1-c1cccc2ncccc12. The van der Waals surface area contributed by atoms with Crippen LogP contribution in [0.4, 0.5) is 5.69 Å². The molecule has 0 atom stereocenters. The second-order valence-electron chi connectivity index (χ2n) is 4.11. The summed E-state index contributed by atoms with van der Waals surface area (Å²) in [6, 6.07) is 15.6. The lowest BCUT2D eigenvalue weighted by Gasteiger charge is -2.09. The molecule has 0 unspecified atom stereocenters. The third-order valence-electron chi connectivity index (χ3n) is 2.95. The zero-order chi connectivity index (χ0) is 12.5. The molecule has 0 saturated carbocycles. The number of benzene rings is 2. The average Bonchev–Trinajstić information content (AvgIpc) is 2.38. The van der Waals surface area contributed by atoms with Gasteiger partial charge in [0.2, 0.25) is 0 Å². The van der Waals surface area contributed by atoms with Crippen molar-refractivity contribution in [3.05, 3.63) is 59.8 Å². The van der Waals surface area contributed by atoms with E-state index < -0.39 is 0 Å². The first-order valence-electron chi connectivity index (χ1n) is 5.65. The molecule has 0 aliphatic rings. The Balaban J connectivity index is 2.31. The predicted octanol–water partition coefficient (Wildman–Crippen LogP) is 4.14. The molecule has 18 heavy (non-hydrogen) atoms. The first kappa shape index (κ1) is 11.1. The number of nitrogen functional groups attached to an aromatic ring is 1. The minimum absolute atomic E-state index is 0.648. The lowest BCUT2D eigenvalue weighted by molar-refractivity contribution is 1.41. The topological polar surface area (TPSA) is 38.9 Å². The molecule has 0 aliphatic heterocycles. The van der Waals surface area contributed by atoms with E-state index >= 15 is 0 Å². The number of halogens is 1. The van der Waals surface area contributed by atoms with Crippen LogP contribution in [-0.2, 0) is 0 Å². The van der Waals surface area contributed by atoms with E-state index in [2.05, 4.69) is 4.98 Å². The lowest BCUT2D eigenvalue weighted by Crippen LogP contribution is -1.91. The molecule has 3 heteroatoms. The molecule has 0 aliphatic carbocycles. The van der Waals surface area contributed by atoms with Crippen molar-refractivity contribution in [1.29, 1.82) is 0 Å². The van der Waals surface area contributed by atoms with Crippen LogP contribution in [0.15, 0.2) is 54.7 Å². The molecule has 0 saturated heterocycles. The molecule has 1 heterocycles. The molecule has 0 radical (unpaired) electrons. The maximum atomic E-state index is 6.04. The molecule has 0 fully saturated rings. The summed E-state index contributed by atoms with van der Waals surface area (Å²) >= 11 is 5.93. The molecular weight excluding hydrogens is 244 g/mol. The van der Waals surface area contributed by atoms with E-state index in [9.17, 15) is 0 Å². The van der Waals surface area contributed by atoms with Crippen molar-refractivity contribution in [2.24, 2.45) is 0 Å². The third-order valence-corrected chi connectivity index (χ3v) is 3.18. The van der Waals surface area contributed by atoms with Crippen molar-refractivity contribution in [3.63, 3.8) is 0 Å². The molecule has 2 N–H and O–H groups in total. The quantitative estimate of drug-likeness (QED) is 0.663. The summed E-state index contributed by atoms with van der Waals surface area (Å²) in [7, 11) is 0. The first-order valence-corrected chi connectivity index (χ1v) is 6.02. The van der Waals surface area contributed by atoms with E-state index in [-0.39, 0.29) is 0 Å². The molecule has 2 aromatic carbocycles. The highest BCUT2D eigenvalue weighted by Crippen LogP contribution is 2.32. The van der Waals surface area contributed by atoms with Crippen LogP contribution in [0.3, 0.4) is 0 Å². The number of hydrogen-bond donors (Lipinski definition) is 1. The molecule has 3 aromatic rings. The van der Waals surface area contributed by atoms with Gasteiger partial charge in [0.25, 0.3) is 0 Å². The van der Waals surface area contributed by atoms with Gasteiger partial charge in [0, 0.05) is 27.9 Å². The van der Waals surface area contributed by atoms with Crippen LogP contribution in [0.25, 0.3) is 22.0 Å². The Labute approximate surface area is 110 Å². The summed E-state index contributed by atoms with van der Waals surface area (Å²) in [5.74, 6) is 0. The van der Waals surface area contributed by atoms with Crippen LogP contribution in [0.2, 0.25) is 5.02 Å². The Kier molecular flexibility index (Phi) is 2.65. The number of nitrogens with two attached hydrogens (primary N) is 1. The zero-order valence-corrected chi connectivity index (χ0v) is 10.4. The molecule has 3 rings (SSSR count). The number of fused-ring (bicyclic) bond motifs is 1. The fourth-order valence-electron chi connectivity index (χ4n) is 2.12. The van der Waals surface area contributed by atoms with Crippen LogP contribution in [0.5, 0.6) is 0 Å². The van der Waals surface area contributed by atoms with Crippen molar-refractivity contribution >= 4 is 28.2 Å². The number of aromatic nitrogens is 1. The number of hydrogen-bond acceptors (Lipinski definition) is 2. The third kappa shape index (κ3) is 1.81. The lowest BCUT2D eigenvalue weighted by atomic mass is 9.99. The van der Waals surface area contributed by atoms with Gasteiger partial charge in [-0.1, -0.05) is 35.9 Å². The van der Waals surface area contributed by atoms with Gasteiger partial charge in [0.05, 0.1) is 5.52 Å². The number of anilines is 1. The number of rotatable bonds is 1. The summed E-state index contributed by atoms with van der Waals surface area (Å²) in [6.07, 6.45) is 1.79. The number of nitrogens with zero attached hydrogens (tertiary/aromatic N) is 1. The molecule has 1 aromatic heterocycles. The summed E-state index contributed by atoms with van der Waals surface area (Å²) in [6.45, 7) is 0. The van der Waals surface area contributed by atoms with E-state index in [0.717, 1.165) is 22.0 Å². The van der Waals surface area contributed by atoms with Crippen molar-refractivity contribution in [2.45, 2.75) is 0 Å². The van der Waals surface area contributed by atoms with E-state index in [0.29, 0.717) is 10.7 Å². The van der Waals surface area contributed by atoms with Gasteiger partial charge < -0.3 is 5.73 Å². The highest BCUT2D eigenvalue weighted by Gasteiger charge is 2.07. The van der Waals surface area contributed by atoms with E-state index in [1.165, 1.54) is 0 Å². The second kappa shape index (κ2) is 4.31. The summed E-state index contributed by atoms with van der Waals surface area (Å²) in [5.41, 5.74) is 9.74. The van der Waals surface area contributed by atoms with Crippen molar-refractivity contribution in [2.75, 3.05) is 5.73 Å². The fraction of sp³-hybridized carbons (Fsp3) is 0. The predicted molar refractivity (Wildman–Crippen MR) is 76.6 cm³/mol. The average molecular weight is 255 g/mol. The monoisotopic (exact) mass is 254 g/mol. The van der Waals surface area contributed by atoms with Crippen LogP contribution in [0.1, 0.15) is 0 Å². The Morgan fingerprint density at radius 3 is 2.67 bits per heavy atom. The molecule has 0 spiro atoms. The largest absolute Gasteiger partial charge is 0.398 e. The van der Waals surface area contributed by atoms with E-state index in [1.807, 2.05) is 42.5 Å². The minimum Gasteiger partial charge on any atom is -0.398 e.